The summed E-state index contributed by atoms with van der Waals surface area (Å²) in [6.07, 6.45) is 6.61. The number of hydrogen-bond donors (Lipinski definition) is 1. The number of nitrogens with one attached hydrogen (secondary N) is 1. The Morgan fingerprint density at radius 3 is 2.78 bits per heavy atom. The first-order chi connectivity index (χ1) is 15.5. The van der Waals surface area contributed by atoms with Crippen LogP contribution in [0.4, 0.5) is 0 Å². The molecule has 0 radical (unpaired) electrons. The van der Waals surface area contributed by atoms with Crippen molar-refractivity contribution in [3.8, 4) is 0 Å². The van der Waals surface area contributed by atoms with E-state index in [1.54, 1.807) is 11.1 Å². The van der Waals surface area contributed by atoms with E-state index in [1.807, 2.05) is 29.5 Å². The number of piperidine rings is 1. The molecule has 1 atom stereocenters. The molecule has 4 heterocycles. The van der Waals surface area contributed by atoms with Crippen LogP contribution in [-0.4, -0.2) is 54.5 Å². The maximum absolute atomic E-state index is 13.1. The summed E-state index contributed by atoms with van der Waals surface area (Å²) < 4.78 is 1.83. The van der Waals surface area contributed by atoms with Crippen molar-refractivity contribution in [2.24, 2.45) is 0 Å². The number of likely N-dealkylation sites (tertiary alicyclic amines) is 1. The van der Waals surface area contributed by atoms with Crippen molar-refractivity contribution in [3.05, 3.63) is 45.4 Å². The van der Waals surface area contributed by atoms with Crippen molar-refractivity contribution < 1.29 is 9.59 Å². The highest BCUT2D eigenvalue weighted by atomic mass is 16.2. The predicted octanol–water partition coefficient (Wildman–Crippen LogP) is 2.10. The molecule has 2 aliphatic heterocycles. The van der Waals surface area contributed by atoms with Gasteiger partial charge in [0.25, 0.3) is 5.56 Å². The van der Waals surface area contributed by atoms with Crippen LogP contribution >= 0.6 is 0 Å². The lowest BCUT2D eigenvalue weighted by atomic mass is 9.99. The van der Waals surface area contributed by atoms with Crippen molar-refractivity contribution in [1.29, 1.82) is 0 Å². The van der Waals surface area contributed by atoms with Gasteiger partial charge in [-0.3, -0.25) is 19.1 Å². The minimum absolute atomic E-state index is 0.0460. The van der Waals surface area contributed by atoms with E-state index in [9.17, 15) is 14.4 Å². The molecule has 1 N–H and O–H groups in total. The second-order valence-electron chi connectivity index (χ2n) is 8.74. The number of aryl methyl sites for hydroxylation is 2. The van der Waals surface area contributed by atoms with E-state index in [1.165, 1.54) is 0 Å². The normalized spacial score (nSPS) is 18.5. The molecule has 0 aromatic carbocycles. The van der Waals surface area contributed by atoms with Gasteiger partial charge in [0, 0.05) is 49.9 Å². The van der Waals surface area contributed by atoms with Gasteiger partial charge >= 0.3 is 0 Å². The summed E-state index contributed by atoms with van der Waals surface area (Å²) >= 11 is 0. The van der Waals surface area contributed by atoms with Gasteiger partial charge in [-0.2, -0.15) is 5.10 Å². The van der Waals surface area contributed by atoms with Crippen LogP contribution in [-0.2, 0) is 29.1 Å². The fourth-order valence-electron chi connectivity index (χ4n) is 4.69. The van der Waals surface area contributed by atoms with Crippen LogP contribution in [0.1, 0.15) is 74.3 Å². The highest BCUT2D eigenvalue weighted by Gasteiger charge is 2.31. The standard InChI is InChI=1S/C23H32N6O3/c1-3-6-20(30)27-13-9-17-18(15-27)25-22(26-23(17)32)19-7-4-5-12-28(19)21(31)10-14-29-16(2)8-11-24-29/h8,11,19H,3-7,9-10,12-15H2,1-2H3,(H,25,26,32)/t19-/m0/s1. The molecular weight excluding hydrogens is 408 g/mol. The van der Waals surface area contributed by atoms with Gasteiger partial charge in [-0.25, -0.2) is 4.98 Å². The van der Waals surface area contributed by atoms with Gasteiger partial charge in [-0.1, -0.05) is 6.92 Å². The lowest BCUT2D eigenvalue weighted by Crippen LogP contribution is -2.42. The third-order valence-corrected chi connectivity index (χ3v) is 6.51. The molecule has 0 aliphatic carbocycles. The molecule has 1 saturated heterocycles. The highest BCUT2D eigenvalue weighted by molar-refractivity contribution is 5.77. The molecule has 172 valence electrons. The third kappa shape index (κ3) is 4.61. The summed E-state index contributed by atoms with van der Waals surface area (Å²) in [5.74, 6) is 0.691. The first kappa shape index (κ1) is 22.2. The second kappa shape index (κ2) is 9.67. The van der Waals surface area contributed by atoms with Gasteiger partial charge in [0.15, 0.2) is 0 Å². The molecule has 2 amide bonds. The monoisotopic (exact) mass is 440 g/mol. The number of H-pyrrole nitrogens is 1. The summed E-state index contributed by atoms with van der Waals surface area (Å²) in [7, 11) is 0. The summed E-state index contributed by atoms with van der Waals surface area (Å²) in [6.45, 7) is 6.06. The van der Waals surface area contributed by atoms with Crippen molar-refractivity contribution in [1.82, 2.24) is 29.5 Å². The first-order valence-corrected chi connectivity index (χ1v) is 11.7. The van der Waals surface area contributed by atoms with E-state index in [0.29, 0.717) is 62.5 Å². The Kier molecular flexibility index (Phi) is 6.72. The van der Waals surface area contributed by atoms with Gasteiger partial charge in [0.05, 0.1) is 18.3 Å². The smallest absolute Gasteiger partial charge is 0.254 e. The van der Waals surface area contributed by atoms with Crippen LogP contribution in [0.3, 0.4) is 0 Å². The van der Waals surface area contributed by atoms with E-state index in [-0.39, 0.29) is 23.4 Å². The number of nitrogens with zero attached hydrogens (tertiary/aromatic N) is 5. The molecule has 2 aromatic rings. The van der Waals surface area contributed by atoms with Gasteiger partial charge < -0.3 is 14.8 Å². The molecule has 0 saturated carbocycles. The Labute approximate surface area is 187 Å². The van der Waals surface area contributed by atoms with E-state index in [4.69, 9.17) is 4.98 Å². The Bertz CT molecular complexity index is 1040. The quantitative estimate of drug-likeness (QED) is 0.741. The van der Waals surface area contributed by atoms with Crippen LogP contribution in [0.2, 0.25) is 0 Å². The van der Waals surface area contributed by atoms with Crippen molar-refractivity contribution in [2.45, 2.75) is 77.9 Å². The minimum Gasteiger partial charge on any atom is -0.336 e. The van der Waals surface area contributed by atoms with Gasteiger partial charge in [0.1, 0.15) is 5.82 Å². The molecule has 9 heteroatoms. The third-order valence-electron chi connectivity index (χ3n) is 6.51. The average Bonchev–Trinajstić information content (AvgIpc) is 3.21. The molecule has 2 aliphatic rings. The Balaban J connectivity index is 1.53. The molecule has 1 fully saturated rings. The topological polar surface area (TPSA) is 104 Å². The zero-order chi connectivity index (χ0) is 22.7. The number of carbonyl (C=O) groups is 2. The molecule has 0 unspecified atom stereocenters. The maximum atomic E-state index is 13.1. The predicted molar refractivity (Wildman–Crippen MR) is 119 cm³/mol. The Hall–Kier alpha value is -2.97. The van der Waals surface area contributed by atoms with Crippen LogP contribution in [0.5, 0.6) is 0 Å². The number of amides is 2. The second-order valence-corrected chi connectivity index (χ2v) is 8.74. The SMILES string of the molecule is CCCC(=O)N1CCc2c(nc([C@@H]3CCCCN3C(=O)CCn3nccc3C)[nH]c2=O)C1. The lowest BCUT2D eigenvalue weighted by molar-refractivity contribution is -0.135. The number of aromatic amines is 1. The van der Waals surface area contributed by atoms with E-state index < -0.39 is 0 Å². The van der Waals surface area contributed by atoms with Crippen LogP contribution in [0, 0.1) is 6.92 Å². The summed E-state index contributed by atoms with van der Waals surface area (Å²) in [5.41, 5.74) is 2.22. The maximum Gasteiger partial charge on any atom is 0.254 e. The van der Waals surface area contributed by atoms with Crippen LogP contribution < -0.4 is 5.56 Å². The molecule has 32 heavy (non-hydrogen) atoms. The van der Waals surface area contributed by atoms with Gasteiger partial charge in [0.2, 0.25) is 11.8 Å². The summed E-state index contributed by atoms with van der Waals surface area (Å²) in [6, 6.07) is 1.68. The molecule has 9 nitrogen and oxygen atoms in total. The van der Waals surface area contributed by atoms with E-state index in [0.717, 1.165) is 31.4 Å². The van der Waals surface area contributed by atoms with Crippen molar-refractivity contribution in [3.63, 3.8) is 0 Å². The first-order valence-electron chi connectivity index (χ1n) is 11.7. The van der Waals surface area contributed by atoms with E-state index >= 15 is 0 Å². The van der Waals surface area contributed by atoms with Crippen LogP contribution in [0.15, 0.2) is 17.1 Å². The molecule has 0 spiro atoms. The Morgan fingerprint density at radius 2 is 2.03 bits per heavy atom. The number of rotatable bonds is 6. The fraction of sp³-hybridized carbons (Fsp3) is 0.609. The average molecular weight is 441 g/mol. The Morgan fingerprint density at radius 1 is 1.19 bits per heavy atom. The zero-order valence-electron chi connectivity index (χ0n) is 19.0. The summed E-state index contributed by atoms with van der Waals surface area (Å²) in [5, 5.41) is 4.26. The van der Waals surface area contributed by atoms with Crippen molar-refractivity contribution >= 4 is 11.8 Å². The molecule has 2 aromatic heterocycles. The summed E-state index contributed by atoms with van der Waals surface area (Å²) in [4.78, 5) is 49.7. The number of carbonyl (C=O) groups excluding carboxylic acids is 2. The number of fused-ring (bicyclic) bond motifs is 1. The lowest BCUT2D eigenvalue weighted by Gasteiger charge is -2.36. The minimum atomic E-state index is -0.241. The number of aromatic nitrogens is 4. The number of hydrogen-bond acceptors (Lipinski definition) is 5. The zero-order valence-corrected chi connectivity index (χ0v) is 19.0. The molecular formula is C23H32N6O3. The molecule has 0 bridgehead atoms. The van der Waals surface area contributed by atoms with E-state index in [2.05, 4.69) is 10.1 Å². The largest absolute Gasteiger partial charge is 0.336 e. The van der Waals surface area contributed by atoms with Gasteiger partial charge in [-0.15, -0.1) is 0 Å². The van der Waals surface area contributed by atoms with Gasteiger partial charge in [-0.05, 0) is 45.1 Å². The van der Waals surface area contributed by atoms with Crippen LogP contribution in [0.25, 0.3) is 0 Å². The molecule has 4 rings (SSSR count). The fourth-order valence-corrected chi connectivity index (χ4v) is 4.69. The van der Waals surface area contributed by atoms with Crippen molar-refractivity contribution in [2.75, 3.05) is 13.1 Å². The highest BCUT2D eigenvalue weighted by Crippen LogP contribution is 2.30.